The minimum atomic E-state index is -0.329. The molecule has 0 aliphatic rings. The molecule has 2 aromatic rings. The highest BCUT2D eigenvalue weighted by atomic mass is 16.5. The Morgan fingerprint density at radius 1 is 1.27 bits per heavy atom. The highest BCUT2D eigenvalue weighted by Gasteiger charge is 2.09. The zero-order valence-corrected chi connectivity index (χ0v) is 15.3. The van der Waals surface area contributed by atoms with Crippen LogP contribution in [0.1, 0.15) is 26.1 Å². The lowest BCUT2D eigenvalue weighted by Gasteiger charge is -2.13. The summed E-state index contributed by atoms with van der Waals surface area (Å²) in [6.45, 7) is 4.81. The summed E-state index contributed by atoms with van der Waals surface area (Å²) in [7, 11) is 1.52. The summed E-state index contributed by atoms with van der Waals surface area (Å²) in [4.78, 5) is 27.6. The summed E-state index contributed by atoms with van der Waals surface area (Å²) in [6, 6.07) is 4.72. The first-order chi connectivity index (χ1) is 12.5. The second-order valence-electron chi connectivity index (χ2n) is 5.72. The highest BCUT2D eigenvalue weighted by molar-refractivity contribution is 5.94. The van der Waals surface area contributed by atoms with Crippen molar-refractivity contribution in [3.05, 3.63) is 36.4 Å². The van der Waals surface area contributed by atoms with Crippen molar-refractivity contribution in [1.82, 2.24) is 14.9 Å². The van der Waals surface area contributed by atoms with Crippen LogP contribution >= 0.6 is 0 Å². The fourth-order valence-electron chi connectivity index (χ4n) is 2.56. The number of carbonyl (C=O) groups is 2. The van der Waals surface area contributed by atoms with Crippen LogP contribution in [0.3, 0.4) is 0 Å². The number of urea groups is 1. The number of nitrogens with one attached hydrogen (secondary N) is 3. The van der Waals surface area contributed by atoms with Gasteiger partial charge in [-0.3, -0.25) is 4.79 Å². The Morgan fingerprint density at radius 3 is 2.77 bits per heavy atom. The highest BCUT2D eigenvalue weighted by Crippen LogP contribution is 2.27. The molecule has 0 radical (unpaired) electrons. The first-order valence-electron chi connectivity index (χ1n) is 8.54. The molecule has 0 saturated carbocycles. The number of aromatic nitrogens is 2. The lowest BCUT2D eigenvalue weighted by atomic mass is 10.2. The van der Waals surface area contributed by atoms with Gasteiger partial charge in [-0.25, -0.2) is 9.78 Å². The van der Waals surface area contributed by atoms with E-state index < -0.39 is 0 Å². The molecule has 2 rings (SSSR count). The average molecular weight is 359 g/mol. The van der Waals surface area contributed by atoms with E-state index in [4.69, 9.17) is 4.74 Å². The average Bonchev–Trinajstić information content (AvgIpc) is 3.06. The molecule has 1 aromatic carbocycles. The standard InChI is InChI=1S/C18H25N5O3/c1-4-17-19-9-11-23(17)10-5-8-20-18(25)22-15-12-14(21-13(2)24)6-7-16(15)26-3/h6-7,9,11-12H,4-5,8,10H2,1-3H3,(H,21,24)(H2,20,22,25). The minimum absolute atomic E-state index is 0.184. The largest absolute Gasteiger partial charge is 0.495 e. The van der Waals surface area contributed by atoms with Gasteiger partial charge in [-0.15, -0.1) is 0 Å². The Morgan fingerprint density at radius 2 is 2.08 bits per heavy atom. The predicted molar refractivity (Wildman–Crippen MR) is 101 cm³/mol. The number of benzene rings is 1. The fraction of sp³-hybridized carbons (Fsp3) is 0.389. The molecule has 1 heterocycles. The van der Waals surface area contributed by atoms with Crippen molar-refractivity contribution in [2.24, 2.45) is 0 Å². The van der Waals surface area contributed by atoms with Crippen molar-refractivity contribution >= 4 is 23.3 Å². The van der Waals surface area contributed by atoms with Crippen LogP contribution < -0.4 is 20.7 Å². The number of aryl methyl sites for hydroxylation is 2. The molecule has 26 heavy (non-hydrogen) atoms. The van der Waals surface area contributed by atoms with E-state index >= 15 is 0 Å². The van der Waals surface area contributed by atoms with E-state index in [2.05, 4.69) is 32.4 Å². The second kappa shape index (κ2) is 9.45. The molecule has 140 valence electrons. The van der Waals surface area contributed by atoms with Gasteiger partial charge in [-0.1, -0.05) is 6.92 Å². The molecular weight excluding hydrogens is 334 g/mol. The zero-order valence-electron chi connectivity index (χ0n) is 15.3. The molecule has 0 aliphatic carbocycles. The number of rotatable bonds is 8. The predicted octanol–water partition coefficient (Wildman–Crippen LogP) is 2.62. The van der Waals surface area contributed by atoms with Crippen LogP contribution in [-0.4, -0.2) is 35.1 Å². The minimum Gasteiger partial charge on any atom is -0.495 e. The first kappa shape index (κ1) is 19.3. The normalized spacial score (nSPS) is 10.3. The smallest absolute Gasteiger partial charge is 0.319 e. The van der Waals surface area contributed by atoms with Crippen LogP contribution in [0.25, 0.3) is 0 Å². The third-order valence-electron chi connectivity index (χ3n) is 3.75. The first-order valence-corrected chi connectivity index (χ1v) is 8.54. The van der Waals surface area contributed by atoms with E-state index in [0.29, 0.717) is 23.7 Å². The Balaban J connectivity index is 1.85. The van der Waals surface area contributed by atoms with Crippen molar-refractivity contribution < 1.29 is 14.3 Å². The molecule has 0 spiro atoms. The van der Waals surface area contributed by atoms with Gasteiger partial charge < -0.3 is 25.3 Å². The number of anilines is 2. The summed E-state index contributed by atoms with van der Waals surface area (Å²) in [5.74, 6) is 1.37. The van der Waals surface area contributed by atoms with Gasteiger partial charge in [0, 0.05) is 44.5 Å². The van der Waals surface area contributed by atoms with E-state index in [9.17, 15) is 9.59 Å². The molecule has 0 saturated heterocycles. The fourth-order valence-corrected chi connectivity index (χ4v) is 2.56. The van der Waals surface area contributed by atoms with Gasteiger partial charge in [0.05, 0.1) is 12.8 Å². The van der Waals surface area contributed by atoms with Crippen LogP contribution in [0.4, 0.5) is 16.2 Å². The van der Waals surface area contributed by atoms with E-state index in [1.54, 1.807) is 24.4 Å². The van der Waals surface area contributed by atoms with Gasteiger partial charge in [-0.05, 0) is 24.6 Å². The molecule has 3 N–H and O–H groups in total. The molecule has 8 nitrogen and oxygen atoms in total. The van der Waals surface area contributed by atoms with Gasteiger partial charge in [0.1, 0.15) is 11.6 Å². The maximum atomic E-state index is 12.1. The second-order valence-corrected chi connectivity index (χ2v) is 5.72. The Hall–Kier alpha value is -3.03. The third-order valence-corrected chi connectivity index (χ3v) is 3.75. The summed E-state index contributed by atoms with van der Waals surface area (Å²) >= 11 is 0. The molecule has 0 unspecified atom stereocenters. The number of imidazole rings is 1. The molecule has 1 aromatic heterocycles. The summed E-state index contributed by atoms with van der Waals surface area (Å²) in [5, 5.41) is 8.24. The van der Waals surface area contributed by atoms with Crippen LogP contribution in [0.15, 0.2) is 30.6 Å². The number of hydrogen-bond acceptors (Lipinski definition) is 4. The number of amides is 3. The maximum absolute atomic E-state index is 12.1. The lowest BCUT2D eigenvalue weighted by Crippen LogP contribution is -2.30. The van der Waals surface area contributed by atoms with Gasteiger partial charge >= 0.3 is 6.03 Å². The van der Waals surface area contributed by atoms with E-state index in [0.717, 1.165) is 25.2 Å². The van der Waals surface area contributed by atoms with Crippen molar-refractivity contribution in [1.29, 1.82) is 0 Å². The monoisotopic (exact) mass is 359 g/mol. The quantitative estimate of drug-likeness (QED) is 0.631. The van der Waals surface area contributed by atoms with Crippen LogP contribution in [0.5, 0.6) is 5.75 Å². The van der Waals surface area contributed by atoms with Crippen molar-refractivity contribution in [3.63, 3.8) is 0 Å². The van der Waals surface area contributed by atoms with E-state index in [1.807, 2.05) is 6.20 Å². The molecule has 0 aliphatic heterocycles. The lowest BCUT2D eigenvalue weighted by molar-refractivity contribution is -0.114. The van der Waals surface area contributed by atoms with Gasteiger partial charge in [-0.2, -0.15) is 0 Å². The van der Waals surface area contributed by atoms with E-state index in [-0.39, 0.29) is 11.9 Å². The molecule has 8 heteroatoms. The summed E-state index contributed by atoms with van der Waals surface area (Å²) in [6.07, 6.45) is 5.40. The Bertz CT molecular complexity index is 757. The maximum Gasteiger partial charge on any atom is 0.319 e. The number of methoxy groups -OCH3 is 1. The van der Waals surface area contributed by atoms with Gasteiger partial charge in [0.15, 0.2) is 0 Å². The molecular formula is C18H25N5O3. The van der Waals surface area contributed by atoms with Crippen LogP contribution in [0, 0.1) is 0 Å². The Kier molecular flexibility index (Phi) is 7.02. The molecule has 3 amide bonds. The van der Waals surface area contributed by atoms with Crippen molar-refractivity contribution in [2.45, 2.75) is 33.2 Å². The molecule has 0 bridgehead atoms. The SMILES string of the molecule is CCc1nccn1CCCNC(=O)Nc1cc(NC(C)=O)ccc1OC. The number of ether oxygens (including phenoxy) is 1. The topological polar surface area (TPSA) is 97.3 Å². The molecule has 0 atom stereocenters. The van der Waals surface area contributed by atoms with Crippen LogP contribution in [0.2, 0.25) is 0 Å². The number of carbonyl (C=O) groups excluding carboxylic acids is 2. The van der Waals surface area contributed by atoms with Crippen molar-refractivity contribution in [2.75, 3.05) is 24.3 Å². The summed E-state index contributed by atoms with van der Waals surface area (Å²) < 4.78 is 7.32. The number of nitrogens with zero attached hydrogens (tertiary/aromatic N) is 2. The molecule has 0 fully saturated rings. The Labute approximate surface area is 152 Å². The zero-order chi connectivity index (χ0) is 18.9. The van der Waals surface area contributed by atoms with Crippen LogP contribution in [-0.2, 0) is 17.8 Å². The summed E-state index contributed by atoms with van der Waals surface area (Å²) in [5.41, 5.74) is 1.07. The number of hydrogen-bond donors (Lipinski definition) is 3. The van der Waals surface area contributed by atoms with Gasteiger partial charge in [0.25, 0.3) is 0 Å². The third kappa shape index (κ3) is 5.51. The van der Waals surface area contributed by atoms with Gasteiger partial charge in [0.2, 0.25) is 5.91 Å². The van der Waals surface area contributed by atoms with E-state index in [1.165, 1.54) is 14.0 Å². The van der Waals surface area contributed by atoms with Crippen molar-refractivity contribution in [3.8, 4) is 5.75 Å².